The van der Waals surface area contributed by atoms with E-state index in [4.69, 9.17) is 4.74 Å². The van der Waals surface area contributed by atoms with E-state index in [1.54, 1.807) is 6.07 Å². The third-order valence-corrected chi connectivity index (χ3v) is 5.27. The molecule has 0 radical (unpaired) electrons. The topological polar surface area (TPSA) is 88.6 Å². The van der Waals surface area contributed by atoms with Crippen molar-refractivity contribution < 1.29 is 35.5 Å². The van der Waals surface area contributed by atoms with Gasteiger partial charge in [-0.15, -0.1) is 0 Å². The Hall–Kier alpha value is -2.89. The number of carbonyl (C=O) groups is 1. The maximum Gasteiger partial charge on any atom is 0.516 e. The summed E-state index contributed by atoms with van der Waals surface area (Å²) < 4.78 is 81.0. The number of amides is 1. The van der Waals surface area contributed by atoms with Gasteiger partial charge in [-0.3, -0.25) is 4.72 Å². The molecule has 1 aliphatic rings. The van der Waals surface area contributed by atoms with Gasteiger partial charge in [0.15, 0.2) is 0 Å². The first-order valence-electron chi connectivity index (χ1n) is 8.31. The Balaban J connectivity index is 1.74. The maximum absolute atomic E-state index is 13.9. The van der Waals surface area contributed by atoms with Crippen LogP contribution in [0.3, 0.4) is 0 Å². The van der Waals surface area contributed by atoms with Crippen LogP contribution in [-0.4, -0.2) is 36.4 Å². The number of nitrogens with zero attached hydrogens (tertiary/aromatic N) is 2. The number of hydrogen-bond acceptors (Lipinski definition) is 5. The molecule has 1 amide bonds. The fourth-order valence-electron chi connectivity index (χ4n) is 2.77. The van der Waals surface area contributed by atoms with E-state index >= 15 is 0 Å². The summed E-state index contributed by atoms with van der Waals surface area (Å²) in [5, 5.41) is 0. The van der Waals surface area contributed by atoms with Crippen LogP contribution in [0, 0.1) is 5.82 Å². The highest BCUT2D eigenvalue weighted by Crippen LogP contribution is 2.30. The molecule has 0 aliphatic carbocycles. The minimum Gasteiger partial charge on any atom is -0.441 e. The zero-order chi connectivity index (χ0) is 21.2. The van der Waals surface area contributed by atoms with Crippen molar-refractivity contribution >= 4 is 21.9 Å². The predicted molar refractivity (Wildman–Crippen MR) is 93.5 cm³/mol. The van der Waals surface area contributed by atoms with Crippen LogP contribution in [0.4, 0.5) is 28.2 Å². The number of rotatable bonds is 5. The number of carbonyl (C=O) groups excluding carboxylic acids is 1. The highest BCUT2D eigenvalue weighted by atomic mass is 32.2. The van der Waals surface area contributed by atoms with Gasteiger partial charge < -0.3 is 9.64 Å². The third-order valence-electron chi connectivity index (χ3n) is 4.20. The van der Waals surface area contributed by atoms with E-state index in [0.29, 0.717) is 0 Å². The maximum atomic E-state index is 13.9. The number of alkyl halides is 3. The highest BCUT2D eigenvalue weighted by Gasteiger charge is 2.46. The Morgan fingerprint density at radius 1 is 1.21 bits per heavy atom. The Kier molecular flexibility index (Phi) is 5.64. The molecule has 1 fully saturated rings. The van der Waals surface area contributed by atoms with Crippen molar-refractivity contribution in [1.29, 1.82) is 0 Å². The molecule has 1 saturated heterocycles. The first-order valence-corrected chi connectivity index (χ1v) is 9.80. The van der Waals surface area contributed by atoms with Gasteiger partial charge in [0, 0.05) is 30.3 Å². The molecule has 3 rings (SSSR count). The number of benzene rings is 1. The quantitative estimate of drug-likeness (QED) is 0.729. The van der Waals surface area contributed by atoms with Crippen molar-refractivity contribution in [3.8, 4) is 0 Å². The van der Waals surface area contributed by atoms with Gasteiger partial charge in [0.25, 0.3) is 0 Å². The molecule has 156 valence electrons. The fourth-order valence-corrected chi connectivity index (χ4v) is 3.32. The molecule has 29 heavy (non-hydrogen) atoms. The molecule has 1 aromatic carbocycles. The zero-order valence-corrected chi connectivity index (χ0v) is 15.5. The first kappa shape index (κ1) is 20.8. The number of cyclic esters (lactones) is 1. The SMILES string of the molecule is O=C1OC(c2ccccc2F)CCN1Cc1cccnc1NS(=O)(=O)C(F)(F)F. The van der Waals surface area contributed by atoms with Gasteiger partial charge in [-0.25, -0.2) is 14.2 Å². The summed E-state index contributed by atoms with van der Waals surface area (Å²) in [6.45, 7) is -0.120. The lowest BCUT2D eigenvalue weighted by atomic mass is 10.0. The standard InChI is InChI=1S/C17H15F4N3O4S/c18-13-6-2-1-5-12(13)14-7-9-24(16(25)28-14)10-11-4-3-8-22-15(11)23-29(26,27)17(19,20)21/h1-6,8,14H,7,9-10H2,(H,22,23). The zero-order valence-electron chi connectivity index (χ0n) is 14.7. The second kappa shape index (κ2) is 7.85. The van der Waals surface area contributed by atoms with Crippen LogP contribution in [0.15, 0.2) is 42.6 Å². The summed E-state index contributed by atoms with van der Waals surface area (Å²) in [6.07, 6.45) is -0.244. The van der Waals surface area contributed by atoms with Crippen LogP contribution in [0.2, 0.25) is 0 Å². The second-order valence-electron chi connectivity index (χ2n) is 6.17. The summed E-state index contributed by atoms with van der Waals surface area (Å²) in [7, 11) is -5.67. The molecule has 0 saturated carbocycles. The normalized spacial score (nSPS) is 17.7. The molecule has 2 aromatic rings. The number of hydrogen-bond donors (Lipinski definition) is 1. The summed E-state index contributed by atoms with van der Waals surface area (Å²) in [4.78, 5) is 17.1. The number of sulfonamides is 1. The molecule has 1 atom stereocenters. The highest BCUT2D eigenvalue weighted by molar-refractivity contribution is 7.93. The third kappa shape index (κ3) is 4.58. The van der Waals surface area contributed by atoms with Gasteiger partial charge >= 0.3 is 21.6 Å². The van der Waals surface area contributed by atoms with Crippen LogP contribution in [-0.2, 0) is 21.3 Å². The number of nitrogens with one attached hydrogen (secondary N) is 1. The molecule has 12 heteroatoms. The molecule has 1 unspecified atom stereocenters. The summed E-state index contributed by atoms with van der Waals surface area (Å²) >= 11 is 0. The predicted octanol–water partition coefficient (Wildman–Crippen LogP) is 3.57. The molecule has 1 aliphatic heterocycles. The van der Waals surface area contributed by atoms with E-state index in [9.17, 15) is 30.8 Å². The average molecular weight is 433 g/mol. The van der Waals surface area contributed by atoms with E-state index in [1.807, 2.05) is 0 Å². The monoisotopic (exact) mass is 433 g/mol. The van der Waals surface area contributed by atoms with E-state index in [1.165, 1.54) is 40.0 Å². The number of ether oxygens (including phenoxy) is 1. The Labute approximate surface area is 163 Å². The van der Waals surface area contributed by atoms with Crippen molar-refractivity contribution in [3.05, 3.63) is 59.5 Å². The van der Waals surface area contributed by atoms with Crippen molar-refractivity contribution in [1.82, 2.24) is 9.88 Å². The lowest BCUT2D eigenvalue weighted by molar-refractivity contribution is -0.0429. The molecule has 7 nitrogen and oxygen atoms in total. The second-order valence-corrected chi connectivity index (χ2v) is 7.84. The number of aromatic nitrogens is 1. The van der Waals surface area contributed by atoms with Gasteiger partial charge in [0.05, 0.1) is 6.54 Å². The van der Waals surface area contributed by atoms with Crippen LogP contribution in [0.1, 0.15) is 23.7 Å². The van der Waals surface area contributed by atoms with Crippen LogP contribution in [0.25, 0.3) is 0 Å². The van der Waals surface area contributed by atoms with Gasteiger partial charge in [-0.2, -0.15) is 21.6 Å². The molecule has 1 aromatic heterocycles. The smallest absolute Gasteiger partial charge is 0.441 e. The minimum atomic E-state index is -5.67. The Morgan fingerprint density at radius 3 is 2.59 bits per heavy atom. The number of anilines is 1. The minimum absolute atomic E-state index is 0.0432. The molecule has 0 bridgehead atoms. The molecule has 0 spiro atoms. The van der Waals surface area contributed by atoms with Gasteiger partial charge in [-0.1, -0.05) is 24.3 Å². The number of pyridine rings is 1. The lowest BCUT2D eigenvalue weighted by Crippen LogP contribution is -2.39. The van der Waals surface area contributed by atoms with Crippen molar-refractivity contribution in [2.45, 2.75) is 24.6 Å². The van der Waals surface area contributed by atoms with Crippen LogP contribution < -0.4 is 4.72 Å². The molecule has 1 N–H and O–H groups in total. The van der Waals surface area contributed by atoms with Crippen LogP contribution in [0.5, 0.6) is 0 Å². The average Bonchev–Trinajstić information content (AvgIpc) is 2.64. The Bertz CT molecular complexity index is 1010. The van der Waals surface area contributed by atoms with Crippen molar-refractivity contribution in [2.75, 3.05) is 11.3 Å². The number of halogens is 4. The summed E-state index contributed by atoms with van der Waals surface area (Å²) in [6, 6.07) is 8.56. The van der Waals surface area contributed by atoms with Crippen molar-refractivity contribution in [2.24, 2.45) is 0 Å². The summed E-state index contributed by atoms with van der Waals surface area (Å²) in [5.74, 6) is -1.07. The van der Waals surface area contributed by atoms with Gasteiger partial charge in [-0.05, 0) is 12.1 Å². The van der Waals surface area contributed by atoms with Crippen molar-refractivity contribution in [3.63, 3.8) is 0 Å². The Morgan fingerprint density at radius 2 is 1.93 bits per heavy atom. The largest absolute Gasteiger partial charge is 0.516 e. The van der Waals surface area contributed by atoms with Crippen LogP contribution >= 0.6 is 0 Å². The first-order chi connectivity index (χ1) is 13.6. The van der Waals surface area contributed by atoms with E-state index in [-0.39, 0.29) is 30.6 Å². The van der Waals surface area contributed by atoms with Gasteiger partial charge in [0.1, 0.15) is 17.7 Å². The van der Waals surface area contributed by atoms with E-state index in [0.717, 1.165) is 6.20 Å². The lowest BCUT2D eigenvalue weighted by Gasteiger charge is -2.32. The molecule has 2 heterocycles. The molecular formula is C17H15F4N3O4S. The van der Waals surface area contributed by atoms with E-state index in [2.05, 4.69) is 4.98 Å². The fraction of sp³-hybridized carbons (Fsp3) is 0.294. The van der Waals surface area contributed by atoms with Gasteiger partial charge in [0.2, 0.25) is 0 Å². The van der Waals surface area contributed by atoms with E-state index < -0.39 is 39.4 Å². The summed E-state index contributed by atoms with van der Waals surface area (Å²) in [5.41, 5.74) is -5.25. The molecular weight excluding hydrogens is 418 g/mol.